The molecule has 108 valence electrons. The minimum absolute atomic E-state index is 0.0274. The molecular formula is C17H16INO2. The lowest BCUT2D eigenvalue weighted by Gasteiger charge is -2.33. The number of hydrogen-bond donors (Lipinski definition) is 0. The highest BCUT2D eigenvalue weighted by Gasteiger charge is 2.31. The molecular weight excluding hydrogens is 377 g/mol. The van der Waals surface area contributed by atoms with Crippen LogP contribution < -0.4 is 9.64 Å². The number of ether oxygens (including phenoxy) is 1. The van der Waals surface area contributed by atoms with Gasteiger partial charge in [-0.05, 0) is 59.7 Å². The van der Waals surface area contributed by atoms with E-state index in [9.17, 15) is 4.79 Å². The van der Waals surface area contributed by atoms with Gasteiger partial charge in [-0.15, -0.1) is 0 Å². The summed E-state index contributed by atoms with van der Waals surface area (Å²) in [6, 6.07) is 16.2. The van der Waals surface area contributed by atoms with Crippen molar-refractivity contribution in [1.82, 2.24) is 0 Å². The zero-order valence-electron chi connectivity index (χ0n) is 11.8. The second-order valence-electron chi connectivity index (χ2n) is 5.10. The van der Waals surface area contributed by atoms with E-state index in [0.29, 0.717) is 6.54 Å². The van der Waals surface area contributed by atoms with Crippen molar-refractivity contribution in [3.8, 4) is 5.75 Å². The van der Waals surface area contributed by atoms with E-state index in [2.05, 4.69) is 34.7 Å². The molecule has 3 nitrogen and oxygen atoms in total. The molecule has 1 unspecified atom stereocenters. The van der Waals surface area contributed by atoms with Crippen LogP contribution in [0.1, 0.15) is 12.5 Å². The summed E-state index contributed by atoms with van der Waals surface area (Å²) in [6.45, 7) is 2.48. The van der Waals surface area contributed by atoms with Crippen molar-refractivity contribution in [1.29, 1.82) is 0 Å². The summed E-state index contributed by atoms with van der Waals surface area (Å²) in [6.07, 6.45) is 0.413. The second-order valence-corrected chi connectivity index (χ2v) is 6.34. The number of fused-ring (bicyclic) bond motifs is 1. The van der Waals surface area contributed by atoms with Gasteiger partial charge in [0.1, 0.15) is 5.75 Å². The maximum Gasteiger partial charge on any atom is 0.267 e. The Bertz CT molecular complexity index is 657. The highest BCUT2D eigenvalue weighted by Crippen LogP contribution is 2.35. The van der Waals surface area contributed by atoms with Crippen molar-refractivity contribution in [3.05, 3.63) is 57.7 Å². The van der Waals surface area contributed by atoms with Crippen LogP contribution in [0, 0.1) is 3.57 Å². The summed E-state index contributed by atoms with van der Waals surface area (Å²) < 4.78 is 6.82. The van der Waals surface area contributed by atoms with Crippen LogP contribution in [-0.4, -0.2) is 18.6 Å². The first kappa shape index (κ1) is 14.4. The molecule has 1 aliphatic heterocycles. The van der Waals surface area contributed by atoms with E-state index in [-0.39, 0.29) is 5.91 Å². The molecule has 1 heterocycles. The molecule has 0 aromatic heterocycles. The number of carbonyl (C=O) groups is 1. The van der Waals surface area contributed by atoms with Crippen LogP contribution in [0.5, 0.6) is 5.75 Å². The number of hydrogen-bond acceptors (Lipinski definition) is 2. The molecule has 0 spiro atoms. The van der Waals surface area contributed by atoms with E-state index in [1.165, 1.54) is 5.56 Å². The molecule has 0 radical (unpaired) electrons. The lowest BCUT2D eigenvalue weighted by atomic mass is 10.1. The van der Waals surface area contributed by atoms with Gasteiger partial charge >= 0.3 is 0 Å². The SMILES string of the molecule is CC1Oc2cc(I)ccc2N(CCc2ccccc2)C1=O. The van der Waals surface area contributed by atoms with Crippen LogP contribution in [0.4, 0.5) is 5.69 Å². The first-order valence-corrected chi connectivity index (χ1v) is 8.04. The maximum atomic E-state index is 12.4. The van der Waals surface area contributed by atoms with Crippen LogP contribution >= 0.6 is 22.6 Å². The van der Waals surface area contributed by atoms with Gasteiger partial charge in [0.05, 0.1) is 5.69 Å². The van der Waals surface area contributed by atoms with Crippen molar-refractivity contribution in [3.63, 3.8) is 0 Å². The Labute approximate surface area is 138 Å². The molecule has 0 aliphatic carbocycles. The lowest BCUT2D eigenvalue weighted by Crippen LogP contribution is -2.45. The quantitative estimate of drug-likeness (QED) is 0.746. The van der Waals surface area contributed by atoms with Crippen molar-refractivity contribution >= 4 is 34.2 Å². The Hall–Kier alpha value is -1.56. The third-order valence-electron chi connectivity index (χ3n) is 3.60. The summed E-state index contributed by atoms with van der Waals surface area (Å²) in [5, 5.41) is 0. The fraction of sp³-hybridized carbons (Fsp3) is 0.235. The van der Waals surface area contributed by atoms with E-state index in [1.807, 2.05) is 41.3 Å². The molecule has 2 aromatic rings. The van der Waals surface area contributed by atoms with Gasteiger partial charge in [0.25, 0.3) is 5.91 Å². The summed E-state index contributed by atoms with van der Waals surface area (Å²) in [5.74, 6) is 0.821. The average molecular weight is 393 g/mol. The molecule has 3 rings (SSSR count). The summed E-state index contributed by atoms with van der Waals surface area (Å²) in [4.78, 5) is 14.2. The topological polar surface area (TPSA) is 29.5 Å². The van der Waals surface area contributed by atoms with E-state index in [1.54, 1.807) is 6.92 Å². The minimum Gasteiger partial charge on any atom is -0.479 e. The molecule has 4 heteroatoms. The predicted molar refractivity (Wildman–Crippen MR) is 91.7 cm³/mol. The van der Waals surface area contributed by atoms with Crippen LogP contribution in [0.2, 0.25) is 0 Å². The predicted octanol–water partition coefficient (Wildman–Crippen LogP) is 3.65. The number of amides is 1. The van der Waals surface area contributed by atoms with Gasteiger partial charge in [0.15, 0.2) is 6.10 Å². The van der Waals surface area contributed by atoms with Gasteiger partial charge < -0.3 is 9.64 Å². The van der Waals surface area contributed by atoms with Crippen LogP contribution in [0.15, 0.2) is 48.5 Å². The van der Waals surface area contributed by atoms with E-state index in [0.717, 1.165) is 21.4 Å². The zero-order valence-corrected chi connectivity index (χ0v) is 13.9. The fourth-order valence-corrected chi connectivity index (χ4v) is 2.96. The highest BCUT2D eigenvalue weighted by molar-refractivity contribution is 14.1. The number of anilines is 1. The molecule has 0 N–H and O–H groups in total. The first-order valence-electron chi connectivity index (χ1n) is 6.96. The van der Waals surface area contributed by atoms with Crippen LogP contribution in [-0.2, 0) is 11.2 Å². The van der Waals surface area contributed by atoms with Gasteiger partial charge in [-0.3, -0.25) is 4.79 Å². The summed E-state index contributed by atoms with van der Waals surface area (Å²) in [5.41, 5.74) is 2.10. The molecule has 21 heavy (non-hydrogen) atoms. The molecule has 0 saturated carbocycles. The number of rotatable bonds is 3. The van der Waals surface area contributed by atoms with Crippen molar-refractivity contribution in [2.75, 3.05) is 11.4 Å². The third-order valence-corrected chi connectivity index (χ3v) is 4.27. The summed E-state index contributed by atoms with van der Waals surface area (Å²) in [7, 11) is 0. The van der Waals surface area contributed by atoms with Gasteiger partial charge in [0, 0.05) is 10.1 Å². The molecule has 0 fully saturated rings. The molecule has 1 atom stereocenters. The first-order chi connectivity index (χ1) is 10.1. The minimum atomic E-state index is -0.425. The van der Waals surface area contributed by atoms with E-state index < -0.39 is 6.10 Å². The standard InChI is InChI=1S/C17H16INO2/c1-12-17(20)19(10-9-13-5-3-2-4-6-13)15-8-7-14(18)11-16(15)21-12/h2-8,11-12H,9-10H2,1H3. The van der Waals surface area contributed by atoms with Crippen molar-refractivity contribution in [2.45, 2.75) is 19.4 Å². The van der Waals surface area contributed by atoms with E-state index >= 15 is 0 Å². The normalized spacial score (nSPS) is 17.3. The zero-order chi connectivity index (χ0) is 14.8. The fourth-order valence-electron chi connectivity index (χ4n) is 2.50. The van der Waals surface area contributed by atoms with Crippen LogP contribution in [0.3, 0.4) is 0 Å². The monoisotopic (exact) mass is 393 g/mol. The van der Waals surface area contributed by atoms with Gasteiger partial charge in [-0.25, -0.2) is 0 Å². The van der Waals surface area contributed by atoms with Crippen molar-refractivity contribution in [2.24, 2.45) is 0 Å². The lowest BCUT2D eigenvalue weighted by molar-refractivity contribution is -0.125. The average Bonchev–Trinajstić information content (AvgIpc) is 2.49. The third kappa shape index (κ3) is 3.05. The molecule has 1 amide bonds. The number of carbonyl (C=O) groups excluding carboxylic acids is 1. The number of halogens is 1. The molecule has 1 aliphatic rings. The highest BCUT2D eigenvalue weighted by atomic mass is 127. The largest absolute Gasteiger partial charge is 0.479 e. The van der Waals surface area contributed by atoms with Crippen molar-refractivity contribution < 1.29 is 9.53 Å². The Kier molecular flexibility index (Phi) is 4.14. The maximum absolute atomic E-state index is 12.4. The second kappa shape index (κ2) is 6.05. The van der Waals surface area contributed by atoms with Crippen LogP contribution in [0.25, 0.3) is 0 Å². The molecule has 0 saturated heterocycles. The van der Waals surface area contributed by atoms with E-state index in [4.69, 9.17) is 4.74 Å². The number of nitrogens with zero attached hydrogens (tertiary/aromatic N) is 1. The summed E-state index contributed by atoms with van der Waals surface area (Å²) >= 11 is 2.25. The van der Waals surface area contributed by atoms with Gasteiger partial charge in [-0.2, -0.15) is 0 Å². The Balaban J connectivity index is 1.85. The van der Waals surface area contributed by atoms with Gasteiger partial charge in [-0.1, -0.05) is 30.3 Å². The Morgan fingerprint density at radius 1 is 1.19 bits per heavy atom. The Morgan fingerprint density at radius 3 is 2.71 bits per heavy atom. The number of benzene rings is 2. The molecule has 2 aromatic carbocycles. The molecule has 0 bridgehead atoms. The smallest absolute Gasteiger partial charge is 0.267 e. The van der Waals surface area contributed by atoms with Gasteiger partial charge in [0.2, 0.25) is 0 Å². The Morgan fingerprint density at radius 2 is 1.95 bits per heavy atom.